The second-order valence-electron chi connectivity index (χ2n) is 5.01. The molecule has 0 aliphatic heterocycles. The van der Waals surface area contributed by atoms with E-state index >= 15 is 0 Å². The number of hydrogen-bond acceptors (Lipinski definition) is 4. The molecule has 0 unspecified atom stereocenters. The van der Waals surface area contributed by atoms with Crippen molar-refractivity contribution in [3.63, 3.8) is 0 Å². The molecule has 0 aromatic carbocycles. The average Bonchev–Trinajstić information content (AvgIpc) is 2.43. The molecule has 108 valence electrons. The molecule has 19 heavy (non-hydrogen) atoms. The average molecular weight is 264 g/mol. The maximum atomic E-state index is 4.48. The van der Waals surface area contributed by atoms with Crippen LogP contribution in [0.5, 0.6) is 0 Å². The Morgan fingerprint density at radius 1 is 0.947 bits per heavy atom. The first-order chi connectivity index (χ1) is 9.17. The van der Waals surface area contributed by atoms with E-state index in [1.54, 1.807) is 0 Å². The number of aromatic nitrogens is 1. The normalized spacial score (nSPS) is 11.3. The predicted octanol–water partition coefficient (Wildman–Crippen LogP) is 1.79. The van der Waals surface area contributed by atoms with Crippen LogP contribution >= 0.6 is 0 Å². The van der Waals surface area contributed by atoms with Crippen molar-refractivity contribution in [1.29, 1.82) is 0 Å². The van der Waals surface area contributed by atoms with E-state index in [4.69, 9.17) is 0 Å². The number of rotatable bonds is 9. The van der Waals surface area contributed by atoms with Crippen LogP contribution in [-0.2, 0) is 0 Å². The van der Waals surface area contributed by atoms with Crippen molar-refractivity contribution in [2.24, 2.45) is 0 Å². The van der Waals surface area contributed by atoms with Gasteiger partial charge in [-0.25, -0.2) is 4.98 Å². The lowest BCUT2D eigenvalue weighted by Gasteiger charge is -2.28. The molecule has 0 atom stereocenters. The van der Waals surface area contributed by atoms with Crippen molar-refractivity contribution in [3.8, 4) is 0 Å². The van der Waals surface area contributed by atoms with Gasteiger partial charge in [0.25, 0.3) is 0 Å². The van der Waals surface area contributed by atoms with Crippen molar-refractivity contribution < 1.29 is 0 Å². The highest BCUT2D eigenvalue weighted by atomic mass is 15.2. The second kappa shape index (κ2) is 8.88. The molecule has 1 aromatic rings. The Morgan fingerprint density at radius 2 is 1.63 bits per heavy atom. The molecule has 0 amide bonds. The topological polar surface area (TPSA) is 22.6 Å². The van der Waals surface area contributed by atoms with Crippen LogP contribution in [0.4, 0.5) is 5.82 Å². The summed E-state index contributed by atoms with van der Waals surface area (Å²) in [7, 11) is 4.22. The number of pyridine rings is 1. The summed E-state index contributed by atoms with van der Waals surface area (Å²) in [4.78, 5) is 11.5. The minimum Gasteiger partial charge on any atom is -0.354 e. The first-order valence-electron chi connectivity index (χ1n) is 7.20. The maximum Gasteiger partial charge on any atom is 0.128 e. The molecule has 0 saturated heterocycles. The SMILES string of the molecule is CCN(CC)CCN(CCN(C)C)c1ccccn1. The van der Waals surface area contributed by atoms with Gasteiger partial charge in [0.05, 0.1) is 0 Å². The third kappa shape index (κ3) is 6.03. The van der Waals surface area contributed by atoms with E-state index in [0.717, 1.165) is 45.1 Å². The lowest BCUT2D eigenvalue weighted by molar-refractivity contribution is 0.307. The third-order valence-corrected chi connectivity index (χ3v) is 3.37. The van der Waals surface area contributed by atoms with Crippen LogP contribution in [0.3, 0.4) is 0 Å². The first kappa shape index (κ1) is 15.9. The van der Waals surface area contributed by atoms with E-state index in [1.165, 1.54) is 0 Å². The quantitative estimate of drug-likeness (QED) is 0.678. The highest BCUT2D eigenvalue weighted by molar-refractivity contribution is 5.37. The fraction of sp³-hybridized carbons (Fsp3) is 0.667. The lowest BCUT2D eigenvalue weighted by Crippen LogP contribution is -2.38. The summed E-state index contributed by atoms with van der Waals surface area (Å²) in [6.07, 6.45) is 1.87. The minimum atomic E-state index is 1.02. The zero-order valence-corrected chi connectivity index (χ0v) is 12.8. The van der Waals surface area contributed by atoms with Gasteiger partial charge < -0.3 is 14.7 Å². The van der Waals surface area contributed by atoms with Gasteiger partial charge in [-0.1, -0.05) is 19.9 Å². The third-order valence-electron chi connectivity index (χ3n) is 3.37. The van der Waals surface area contributed by atoms with Crippen molar-refractivity contribution in [1.82, 2.24) is 14.8 Å². The Balaban J connectivity index is 2.59. The van der Waals surface area contributed by atoms with Crippen molar-refractivity contribution in [2.75, 3.05) is 58.3 Å². The molecule has 0 N–H and O–H groups in total. The Labute approximate surface area is 118 Å². The van der Waals surface area contributed by atoms with Gasteiger partial charge in [-0.3, -0.25) is 0 Å². The Hall–Kier alpha value is -1.13. The molecular formula is C15H28N4. The standard InChI is InChI=1S/C15H28N4/c1-5-18(6-2)12-14-19(13-11-17(3)4)15-9-7-8-10-16-15/h7-10H,5-6,11-14H2,1-4H3. The predicted molar refractivity (Wildman–Crippen MR) is 82.8 cm³/mol. The monoisotopic (exact) mass is 264 g/mol. The van der Waals surface area contributed by atoms with Gasteiger partial charge in [0.2, 0.25) is 0 Å². The van der Waals surface area contributed by atoms with Crippen LogP contribution in [0.15, 0.2) is 24.4 Å². The smallest absolute Gasteiger partial charge is 0.128 e. The first-order valence-corrected chi connectivity index (χ1v) is 7.20. The molecule has 0 aliphatic rings. The fourth-order valence-corrected chi connectivity index (χ4v) is 2.00. The van der Waals surface area contributed by atoms with E-state index in [1.807, 2.05) is 12.3 Å². The van der Waals surface area contributed by atoms with Crippen LogP contribution in [-0.4, -0.2) is 68.1 Å². The van der Waals surface area contributed by atoms with Crippen LogP contribution in [0.2, 0.25) is 0 Å². The minimum absolute atomic E-state index is 1.02. The van der Waals surface area contributed by atoms with Crippen molar-refractivity contribution in [3.05, 3.63) is 24.4 Å². The highest BCUT2D eigenvalue weighted by Gasteiger charge is 2.09. The Kier molecular flexibility index (Phi) is 7.45. The maximum absolute atomic E-state index is 4.48. The Morgan fingerprint density at radius 3 is 2.16 bits per heavy atom. The fourth-order valence-electron chi connectivity index (χ4n) is 2.00. The molecule has 0 saturated carbocycles. The van der Waals surface area contributed by atoms with Gasteiger partial charge in [-0.15, -0.1) is 0 Å². The van der Waals surface area contributed by atoms with Gasteiger partial charge in [-0.2, -0.15) is 0 Å². The van der Waals surface area contributed by atoms with E-state index in [9.17, 15) is 0 Å². The molecule has 0 aliphatic carbocycles. The Bertz CT molecular complexity index is 322. The molecule has 1 aromatic heterocycles. The lowest BCUT2D eigenvalue weighted by atomic mass is 10.3. The molecule has 1 heterocycles. The van der Waals surface area contributed by atoms with Crippen molar-refractivity contribution >= 4 is 5.82 Å². The van der Waals surface area contributed by atoms with Gasteiger partial charge >= 0.3 is 0 Å². The van der Waals surface area contributed by atoms with E-state index in [2.05, 4.69) is 59.8 Å². The molecule has 0 radical (unpaired) electrons. The van der Waals surface area contributed by atoms with Gasteiger partial charge in [0.1, 0.15) is 5.82 Å². The van der Waals surface area contributed by atoms with Gasteiger partial charge in [0, 0.05) is 32.4 Å². The molecule has 4 heteroatoms. The van der Waals surface area contributed by atoms with Crippen LogP contribution in [0.1, 0.15) is 13.8 Å². The summed E-state index contributed by atoms with van der Waals surface area (Å²) in [6, 6.07) is 6.12. The highest BCUT2D eigenvalue weighted by Crippen LogP contribution is 2.09. The number of anilines is 1. The zero-order valence-electron chi connectivity index (χ0n) is 12.8. The summed E-state index contributed by atoms with van der Waals surface area (Å²) in [5.74, 6) is 1.08. The van der Waals surface area contributed by atoms with Gasteiger partial charge in [0.15, 0.2) is 0 Å². The summed E-state index contributed by atoms with van der Waals surface area (Å²) < 4.78 is 0. The summed E-state index contributed by atoms with van der Waals surface area (Å²) in [5, 5.41) is 0. The molecule has 0 bridgehead atoms. The van der Waals surface area contributed by atoms with E-state index in [0.29, 0.717) is 0 Å². The van der Waals surface area contributed by atoms with Crippen molar-refractivity contribution in [2.45, 2.75) is 13.8 Å². The van der Waals surface area contributed by atoms with Crippen LogP contribution in [0.25, 0.3) is 0 Å². The van der Waals surface area contributed by atoms with Crippen LogP contribution < -0.4 is 4.90 Å². The molecule has 0 fully saturated rings. The van der Waals surface area contributed by atoms with Crippen LogP contribution in [0, 0.1) is 0 Å². The summed E-state index contributed by atoms with van der Waals surface area (Å²) in [6.45, 7) is 10.9. The number of nitrogens with zero attached hydrogens (tertiary/aromatic N) is 4. The number of likely N-dealkylation sites (N-methyl/N-ethyl adjacent to an activating group) is 2. The summed E-state index contributed by atoms with van der Waals surface area (Å²) >= 11 is 0. The second-order valence-corrected chi connectivity index (χ2v) is 5.01. The molecule has 4 nitrogen and oxygen atoms in total. The molecule has 0 spiro atoms. The van der Waals surface area contributed by atoms with E-state index in [-0.39, 0.29) is 0 Å². The summed E-state index contributed by atoms with van der Waals surface area (Å²) in [5.41, 5.74) is 0. The zero-order chi connectivity index (χ0) is 14.1. The largest absolute Gasteiger partial charge is 0.354 e. The van der Waals surface area contributed by atoms with Gasteiger partial charge in [-0.05, 0) is 39.3 Å². The number of hydrogen-bond donors (Lipinski definition) is 0. The van der Waals surface area contributed by atoms with E-state index < -0.39 is 0 Å². The molecule has 1 rings (SSSR count). The molecular weight excluding hydrogens is 236 g/mol.